The summed E-state index contributed by atoms with van der Waals surface area (Å²) in [6.45, 7) is 3.80. The Labute approximate surface area is 121 Å². The quantitative estimate of drug-likeness (QED) is 0.845. The van der Waals surface area contributed by atoms with Crippen molar-refractivity contribution in [3.8, 4) is 5.75 Å². The first-order valence-electron chi connectivity index (χ1n) is 5.43. The molecule has 1 aromatic carbocycles. The summed E-state index contributed by atoms with van der Waals surface area (Å²) < 4.78 is 5.58. The summed E-state index contributed by atoms with van der Waals surface area (Å²) in [5.74, 6) is 0.337. The van der Waals surface area contributed by atoms with Crippen molar-refractivity contribution in [1.82, 2.24) is 5.32 Å². The van der Waals surface area contributed by atoms with Crippen LogP contribution in [0.1, 0.15) is 13.8 Å². The van der Waals surface area contributed by atoms with Crippen LogP contribution in [0.25, 0.3) is 0 Å². The number of halogens is 3. The second-order valence-electron chi connectivity index (χ2n) is 3.89. The number of hydrogen-bond acceptors (Lipinski definition) is 2. The molecule has 2 atom stereocenters. The predicted molar refractivity (Wildman–Crippen MR) is 74.9 cm³/mol. The van der Waals surface area contributed by atoms with Gasteiger partial charge in [-0.15, -0.1) is 11.6 Å². The third-order valence-corrected chi connectivity index (χ3v) is 2.73. The van der Waals surface area contributed by atoms with Crippen molar-refractivity contribution in [2.24, 2.45) is 0 Å². The number of rotatable bonds is 5. The van der Waals surface area contributed by atoms with Gasteiger partial charge in [-0.3, -0.25) is 4.79 Å². The number of amides is 1. The number of carbonyl (C=O) groups excluding carboxylic acids is 1. The highest BCUT2D eigenvalue weighted by molar-refractivity contribution is 6.34. The molecule has 6 heteroatoms. The molecule has 1 amide bonds. The molecule has 1 aromatic rings. The molecule has 0 saturated carbocycles. The summed E-state index contributed by atoms with van der Waals surface area (Å²) in [6.07, 6.45) is -0.209. The summed E-state index contributed by atoms with van der Waals surface area (Å²) in [5.41, 5.74) is 0. The summed E-state index contributed by atoms with van der Waals surface area (Å²) in [4.78, 5) is 11.3. The molecule has 2 unspecified atom stereocenters. The van der Waals surface area contributed by atoms with E-state index in [2.05, 4.69) is 5.32 Å². The normalized spacial score (nSPS) is 13.8. The van der Waals surface area contributed by atoms with Crippen LogP contribution in [0.5, 0.6) is 5.75 Å². The average molecular weight is 311 g/mol. The molecule has 0 fully saturated rings. The smallest absolute Gasteiger partial charge is 0.237 e. The first-order chi connectivity index (χ1) is 8.38. The van der Waals surface area contributed by atoms with Gasteiger partial charge in [0.15, 0.2) is 0 Å². The van der Waals surface area contributed by atoms with Crippen molar-refractivity contribution in [1.29, 1.82) is 0 Å². The van der Waals surface area contributed by atoms with Crippen molar-refractivity contribution in [2.45, 2.75) is 25.3 Å². The van der Waals surface area contributed by atoms with E-state index in [0.29, 0.717) is 22.3 Å². The van der Waals surface area contributed by atoms with Gasteiger partial charge in [0, 0.05) is 10.0 Å². The van der Waals surface area contributed by atoms with Gasteiger partial charge in [0.2, 0.25) is 5.91 Å². The maximum atomic E-state index is 11.3. The minimum absolute atomic E-state index is 0.209. The van der Waals surface area contributed by atoms with Gasteiger partial charge < -0.3 is 10.1 Å². The van der Waals surface area contributed by atoms with Crippen LogP contribution in [-0.2, 0) is 4.79 Å². The Morgan fingerprint density at radius 1 is 1.28 bits per heavy atom. The number of hydrogen-bond donors (Lipinski definition) is 1. The molecule has 0 aliphatic carbocycles. The Bertz CT molecular complexity index is 404. The predicted octanol–water partition coefficient (Wildman–Crippen LogP) is 3.50. The lowest BCUT2D eigenvalue weighted by Crippen LogP contribution is -2.36. The number of carbonyl (C=O) groups is 1. The molecular formula is C12H14Cl3NO2. The monoisotopic (exact) mass is 309 g/mol. The summed E-state index contributed by atoms with van der Waals surface area (Å²) >= 11 is 17.3. The fourth-order valence-corrected chi connectivity index (χ4v) is 1.84. The first kappa shape index (κ1) is 15.4. The Morgan fingerprint density at radius 2 is 1.83 bits per heavy atom. The van der Waals surface area contributed by atoms with Crippen LogP contribution in [0.15, 0.2) is 18.2 Å². The zero-order chi connectivity index (χ0) is 13.7. The summed E-state index contributed by atoms with van der Waals surface area (Å²) in [7, 11) is 0. The minimum Gasteiger partial charge on any atom is -0.489 e. The molecule has 0 saturated heterocycles. The lowest BCUT2D eigenvalue weighted by Gasteiger charge is -2.16. The van der Waals surface area contributed by atoms with E-state index in [-0.39, 0.29) is 12.0 Å². The highest BCUT2D eigenvalue weighted by atomic mass is 35.5. The van der Waals surface area contributed by atoms with Crippen LogP contribution in [0, 0.1) is 0 Å². The van der Waals surface area contributed by atoms with E-state index in [9.17, 15) is 4.79 Å². The maximum Gasteiger partial charge on any atom is 0.237 e. The SMILES string of the molecule is CC(CNC(=O)C(C)Cl)Oc1cc(Cl)cc(Cl)c1. The van der Waals surface area contributed by atoms with E-state index in [0.717, 1.165) is 0 Å². The lowest BCUT2D eigenvalue weighted by molar-refractivity contribution is -0.120. The molecule has 1 N–H and O–H groups in total. The number of benzene rings is 1. The number of alkyl halides is 1. The number of ether oxygens (including phenoxy) is 1. The van der Waals surface area contributed by atoms with Crippen LogP contribution < -0.4 is 10.1 Å². The Morgan fingerprint density at radius 3 is 2.33 bits per heavy atom. The molecule has 0 aliphatic rings. The molecule has 0 bridgehead atoms. The molecular weight excluding hydrogens is 296 g/mol. The molecule has 0 aromatic heterocycles. The molecule has 0 heterocycles. The Kier molecular flexibility index (Phi) is 6.06. The van der Waals surface area contributed by atoms with Gasteiger partial charge in [-0.25, -0.2) is 0 Å². The third kappa shape index (κ3) is 5.34. The van der Waals surface area contributed by atoms with Crippen molar-refractivity contribution >= 4 is 40.7 Å². The Hall–Kier alpha value is -0.640. The van der Waals surface area contributed by atoms with E-state index < -0.39 is 5.38 Å². The molecule has 0 aliphatic heterocycles. The van der Waals surface area contributed by atoms with E-state index >= 15 is 0 Å². The van der Waals surface area contributed by atoms with E-state index in [1.807, 2.05) is 6.92 Å². The van der Waals surface area contributed by atoms with Gasteiger partial charge in [0.1, 0.15) is 17.2 Å². The Balaban J connectivity index is 2.49. The van der Waals surface area contributed by atoms with Gasteiger partial charge in [0.05, 0.1) is 6.54 Å². The van der Waals surface area contributed by atoms with Gasteiger partial charge in [-0.1, -0.05) is 23.2 Å². The number of nitrogens with one attached hydrogen (secondary N) is 1. The lowest BCUT2D eigenvalue weighted by atomic mass is 10.3. The van der Waals surface area contributed by atoms with Crippen LogP contribution in [-0.4, -0.2) is 23.9 Å². The van der Waals surface area contributed by atoms with Crippen LogP contribution in [0.3, 0.4) is 0 Å². The van der Waals surface area contributed by atoms with Crippen LogP contribution in [0.2, 0.25) is 10.0 Å². The van der Waals surface area contributed by atoms with Crippen molar-refractivity contribution in [2.75, 3.05) is 6.54 Å². The third-order valence-electron chi connectivity index (χ3n) is 2.10. The molecule has 1 rings (SSSR count). The zero-order valence-electron chi connectivity index (χ0n) is 10.0. The highest BCUT2D eigenvalue weighted by Crippen LogP contribution is 2.24. The molecule has 0 radical (unpaired) electrons. The van der Waals surface area contributed by atoms with E-state index in [1.54, 1.807) is 25.1 Å². The van der Waals surface area contributed by atoms with E-state index in [1.165, 1.54) is 0 Å². The van der Waals surface area contributed by atoms with E-state index in [4.69, 9.17) is 39.5 Å². The average Bonchev–Trinajstić information content (AvgIpc) is 2.24. The summed E-state index contributed by atoms with van der Waals surface area (Å²) in [6, 6.07) is 4.95. The minimum atomic E-state index is -0.558. The van der Waals surface area contributed by atoms with Crippen molar-refractivity contribution in [3.63, 3.8) is 0 Å². The van der Waals surface area contributed by atoms with Crippen molar-refractivity contribution in [3.05, 3.63) is 28.2 Å². The van der Waals surface area contributed by atoms with Crippen LogP contribution in [0.4, 0.5) is 0 Å². The van der Waals surface area contributed by atoms with Gasteiger partial charge in [0.25, 0.3) is 0 Å². The second-order valence-corrected chi connectivity index (χ2v) is 5.42. The highest BCUT2D eigenvalue weighted by Gasteiger charge is 2.11. The fraction of sp³-hybridized carbons (Fsp3) is 0.417. The van der Waals surface area contributed by atoms with Gasteiger partial charge in [-0.2, -0.15) is 0 Å². The molecule has 18 heavy (non-hydrogen) atoms. The first-order valence-corrected chi connectivity index (χ1v) is 6.62. The van der Waals surface area contributed by atoms with Gasteiger partial charge >= 0.3 is 0 Å². The standard InChI is InChI=1S/C12H14Cl3NO2/c1-7(6-16-12(17)8(2)13)18-11-4-9(14)3-10(15)5-11/h3-5,7-8H,6H2,1-2H3,(H,16,17). The topological polar surface area (TPSA) is 38.3 Å². The fourth-order valence-electron chi connectivity index (χ4n) is 1.26. The molecule has 0 spiro atoms. The molecule has 100 valence electrons. The van der Waals surface area contributed by atoms with Crippen molar-refractivity contribution < 1.29 is 9.53 Å². The second kappa shape index (κ2) is 7.07. The zero-order valence-corrected chi connectivity index (χ0v) is 12.3. The van der Waals surface area contributed by atoms with Crippen LogP contribution >= 0.6 is 34.8 Å². The van der Waals surface area contributed by atoms with Gasteiger partial charge in [-0.05, 0) is 32.0 Å². The summed E-state index contributed by atoms with van der Waals surface area (Å²) in [5, 5.41) is 3.12. The largest absolute Gasteiger partial charge is 0.489 e. The maximum absolute atomic E-state index is 11.3. The molecule has 3 nitrogen and oxygen atoms in total.